The molecule has 0 radical (unpaired) electrons. The Balaban J connectivity index is 2.19. The molecule has 0 aliphatic heterocycles. The van der Waals surface area contributed by atoms with Gasteiger partial charge in [0.05, 0.1) is 19.8 Å². The summed E-state index contributed by atoms with van der Waals surface area (Å²) >= 11 is 0. The van der Waals surface area contributed by atoms with Crippen molar-refractivity contribution in [2.75, 3.05) is 33.5 Å². The van der Waals surface area contributed by atoms with E-state index in [1.807, 2.05) is 6.07 Å². The van der Waals surface area contributed by atoms with Crippen molar-refractivity contribution in [2.45, 2.75) is 0 Å². The first kappa shape index (κ1) is 12.4. The van der Waals surface area contributed by atoms with Crippen molar-refractivity contribution in [3.05, 3.63) is 23.9 Å². The molecule has 0 atom stereocenters. The Morgan fingerprint density at radius 1 is 1.25 bits per heavy atom. The maximum absolute atomic E-state index is 8.62. The van der Waals surface area contributed by atoms with E-state index in [2.05, 4.69) is 4.98 Å². The van der Waals surface area contributed by atoms with Crippen molar-refractivity contribution in [3.63, 3.8) is 0 Å². The zero-order valence-electron chi connectivity index (χ0n) is 9.18. The minimum Gasteiger partial charge on any atom is -0.475 e. The molecule has 0 spiro atoms. The van der Waals surface area contributed by atoms with E-state index in [1.165, 1.54) is 0 Å². The van der Waals surface area contributed by atoms with Crippen molar-refractivity contribution in [2.24, 2.45) is 0 Å². The fourth-order valence-corrected chi connectivity index (χ4v) is 1.01. The van der Waals surface area contributed by atoms with Gasteiger partial charge in [-0.05, 0) is 6.07 Å². The van der Waals surface area contributed by atoms with Gasteiger partial charge in [0, 0.05) is 13.2 Å². The van der Waals surface area contributed by atoms with Gasteiger partial charge in [0.25, 0.3) is 0 Å². The van der Waals surface area contributed by atoms with Crippen LogP contribution < -0.4 is 4.74 Å². The molecule has 5 nitrogen and oxygen atoms in total. The van der Waals surface area contributed by atoms with Crippen LogP contribution in [0.25, 0.3) is 0 Å². The summed E-state index contributed by atoms with van der Waals surface area (Å²) in [6.45, 7) is 2.00. The molecular weight excluding hydrogens is 208 g/mol. The summed E-state index contributed by atoms with van der Waals surface area (Å²) in [6, 6.07) is 7.01. The number of methoxy groups -OCH3 is 1. The van der Waals surface area contributed by atoms with Crippen molar-refractivity contribution >= 4 is 0 Å². The molecule has 1 aromatic rings. The molecule has 0 aromatic carbocycles. The maximum Gasteiger partial charge on any atom is 0.214 e. The second-order valence-electron chi connectivity index (χ2n) is 2.93. The number of nitrogens with zero attached hydrogens (tertiary/aromatic N) is 2. The molecule has 1 aromatic heterocycles. The molecule has 0 amide bonds. The highest BCUT2D eigenvalue weighted by Gasteiger charge is 1.97. The van der Waals surface area contributed by atoms with Gasteiger partial charge in [0.1, 0.15) is 18.4 Å². The maximum atomic E-state index is 8.62. The van der Waals surface area contributed by atoms with Crippen LogP contribution in [0.3, 0.4) is 0 Å². The van der Waals surface area contributed by atoms with Gasteiger partial charge in [0.15, 0.2) is 0 Å². The third-order valence-electron chi connectivity index (χ3n) is 1.75. The van der Waals surface area contributed by atoms with Crippen LogP contribution in [0.1, 0.15) is 5.69 Å². The van der Waals surface area contributed by atoms with Crippen LogP contribution in [-0.4, -0.2) is 38.5 Å². The molecule has 0 N–H and O–H groups in total. The summed E-state index contributed by atoms with van der Waals surface area (Å²) in [5, 5.41) is 8.62. The summed E-state index contributed by atoms with van der Waals surface area (Å²) in [5.41, 5.74) is 0.345. The molecule has 5 heteroatoms. The molecule has 1 rings (SSSR count). The number of hydrogen-bond acceptors (Lipinski definition) is 5. The zero-order valence-corrected chi connectivity index (χ0v) is 9.18. The normalized spacial score (nSPS) is 9.75. The average molecular weight is 222 g/mol. The Bertz CT molecular complexity index is 349. The van der Waals surface area contributed by atoms with Crippen LogP contribution >= 0.6 is 0 Å². The first-order valence-electron chi connectivity index (χ1n) is 4.93. The van der Waals surface area contributed by atoms with E-state index in [4.69, 9.17) is 19.5 Å². The van der Waals surface area contributed by atoms with Gasteiger partial charge >= 0.3 is 0 Å². The Morgan fingerprint density at radius 2 is 2.06 bits per heavy atom. The van der Waals surface area contributed by atoms with Crippen molar-refractivity contribution in [3.8, 4) is 11.9 Å². The Kier molecular flexibility index (Phi) is 5.92. The lowest BCUT2D eigenvalue weighted by Crippen LogP contribution is -2.10. The van der Waals surface area contributed by atoms with E-state index in [-0.39, 0.29) is 0 Å². The van der Waals surface area contributed by atoms with Crippen LogP contribution in [0.4, 0.5) is 0 Å². The monoisotopic (exact) mass is 222 g/mol. The van der Waals surface area contributed by atoms with Gasteiger partial charge in [-0.2, -0.15) is 5.26 Å². The topological polar surface area (TPSA) is 64.4 Å². The number of ether oxygens (including phenoxy) is 3. The second-order valence-corrected chi connectivity index (χ2v) is 2.93. The largest absolute Gasteiger partial charge is 0.475 e. The van der Waals surface area contributed by atoms with Gasteiger partial charge in [-0.25, -0.2) is 4.98 Å². The van der Waals surface area contributed by atoms with E-state index < -0.39 is 0 Å². The third kappa shape index (κ3) is 4.73. The van der Waals surface area contributed by atoms with Gasteiger partial charge in [-0.1, -0.05) is 6.07 Å². The summed E-state index contributed by atoms with van der Waals surface area (Å²) in [5.74, 6) is 0.439. The molecule has 0 unspecified atom stereocenters. The van der Waals surface area contributed by atoms with Crippen LogP contribution in [0.5, 0.6) is 5.88 Å². The highest BCUT2D eigenvalue weighted by molar-refractivity contribution is 5.24. The van der Waals surface area contributed by atoms with E-state index in [1.54, 1.807) is 25.3 Å². The molecule has 16 heavy (non-hydrogen) atoms. The van der Waals surface area contributed by atoms with Gasteiger partial charge < -0.3 is 14.2 Å². The average Bonchev–Trinajstić information content (AvgIpc) is 2.34. The SMILES string of the molecule is COCCOCCOc1cccc(C#N)n1. The Morgan fingerprint density at radius 3 is 2.81 bits per heavy atom. The van der Waals surface area contributed by atoms with Crippen molar-refractivity contribution in [1.29, 1.82) is 5.26 Å². The molecule has 0 aliphatic rings. The van der Waals surface area contributed by atoms with Crippen LogP contribution in [0.15, 0.2) is 18.2 Å². The highest BCUT2D eigenvalue weighted by atomic mass is 16.5. The number of hydrogen-bond donors (Lipinski definition) is 0. The number of pyridine rings is 1. The van der Waals surface area contributed by atoms with E-state index in [0.29, 0.717) is 38.0 Å². The first-order chi connectivity index (χ1) is 7.86. The molecule has 0 saturated heterocycles. The van der Waals surface area contributed by atoms with Gasteiger partial charge in [0.2, 0.25) is 5.88 Å². The Hall–Kier alpha value is -1.64. The zero-order chi connectivity index (χ0) is 11.6. The van der Waals surface area contributed by atoms with Gasteiger partial charge in [-0.15, -0.1) is 0 Å². The predicted octanol–water partition coefficient (Wildman–Crippen LogP) is 0.995. The molecule has 0 fully saturated rings. The van der Waals surface area contributed by atoms with Crippen LogP contribution in [-0.2, 0) is 9.47 Å². The third-order valence-corrected chi connectivity index (χ3v) is 1.75. The van der Waals surface area contributed by atoms with E-state index >= 15 is 0 Å². The standard InChI is InChI=1S/C11H14N2O3/c1-14-5-6-15-7-8-16-11-4-2-3-10(9-12)13-11/h2-4H,5-8H2,1H3. The number of rotatable bonds is 7. The molecule has 86 valence electrons. The molecule has 0 saturated carbocycles. The summed E-state index contributed by atoms with van der Waals surface area (Å²) < 4.78 is 15.3. The van der Waals surface area contributed by atoms with Crippen molar-refractivity contribution in [1.82, 2.24) is 4.98 Å². The number of aromatic nitrogens is 1. The summed E-state index contributed by atoms with van der Waals surface area (Å²) in [4.78, 5) is 3.96. The lowest BCUT2D eigenvalue weighted by atomic mass is 10.4. The fourth-order valence-electron chi connectivity index (χ4n) is 1.01. The number of nitriles is 1. The molecule has 0 bridgehead atoms. The molecule has 1 heterocycles. The second kappa shape index (κ2) is 7.63. The smallest absolute Gasteiger partial charge is 0.214 e. The lowest BCUT2D eigenvalue weighted by Gasteiger charge is -2.05. The highest BCUT2D eigenvalue weighted by Crippen LogP contribution is 2.06. The first-order valence-corrected chi connectivity index (χ1v) is 4.93. The minimum atomic E-state index is 0.345. The fraction of sp³-hybridized carbons (Fsp3) is 0.455. The van der Waals surface area contributed by atoms with E-state index in [9.17, 15) is 0 Å². The summed E-state index contributed by atoms with van der Waals surface area (Å²) in [7, 11) is 1.62. The summed E-state index contributed by atoms with van der Waals surface area (Å²) in [6.07, 6.45) is 0. The minimum absolute atomic E-state index is 0.345. The molecule has 0 aliphatic carbocycles. The quantitative estimate of drug-likeness (QED) is 0.644. The van der Waals surface area contributed by atoms with Crippen LogP contribution in [0.2, 0.25) is 0 Å². The van der Waals surface area contributed by atoms with E-state index in [0.717, 1.165) is 0 Å². The van der Waals surface area contributed by atoms with Gasteiger partial charge in [-0.3, -0.25) is 0 Å². The van der Waals surface area contributed by atoms with Crippen molar-refractivity contribution < 1.29 is 14.2 Å². The molecular formula is C11H14N2O3. The lowest BCUT2D eigenvalue weighted by molar-refractivity contribution is 0.0537. The predicted molar refractivity (Wildman–Crippen MR) is 57.1 cm³/mol. The Labute approximate surface area is 94.6 Å². The van der Waals surface area contributed by atoms with Crippen LogP contribution in [0, 0.1) is 11.3 Å².